The van der Waals surface area contributed by atoms with E-state index >= 15 is 0 Å². The number of nitrogens with zero attached hydrogens (tertiary/aromatic N) is 3. The van der Waals surface area contributed by atoms with Crippen molar-refractivity contribution in [2.75, 3.05) is 11.9 Å². The molecule has 3 N–H and O–H groups in total. The maximum atomic E-state index is 10.4. The summed E-state index contributed by atoms with van der Waals surface area (Å²) in [6.07, 6.45) is 1.98. The number of hydrogen-bond donors (Lipinski definition) is 3. The fraction of sp³-hybridized carbons (Fsp3) is 0.375. The van der Waals surface area contributed by atoms with Crippen LogP contribution in [0.1, 0.15) is 24.4 Å². The van der Waals surface area contributed by atoms with Gasteiger partial charge in [0.05, 0.1) is 25.3 Å². The van der Waals surface area contributed by atoms with Crippen molar-refractivity contribution in [1.82, 2.24) is 9.55 Å². The number of aromatic nitrogens is 2. The summed E-state index contributed by atoms with van der Waals surface area (Å²) in [4.78, 5) is 9.39. The van der Waals surface area contributed by atoms with E-state index in [1.165, 1.54) is 11.8 Å². The number of benzene rings is 1. The van der Waals surface area contributed by atoms with Crippen molar-refractivity contribution in [1.29, 1.82) is 0 Å². The first-order valence-electron chi connectivity index (χ1n) is 7.77. The van der Waals surface area contributed by atoms with E-state index in [1.54, 1.807) is 12.7 Å². The van der Waals surface area contributed by atoms with E-state index in [2.05, 4.69) is 15.3 Å². The van der Waals surface area contributed by atoms with Gasteiger partial charge in [0.1, 0.15) is 29.3 Å². The predicted molar refractivity (Wildman–Crippen MR) is 91.0 cm³/mol. The van der Waals surface area contributed by atoms with Gasteiger partial charge >= 0.3 is 0 Å². The maximum Gasteiger partial charge on any atom is 0.140 e. The third-order valence-corrected chi connectivity index (χ3v) is 5.26. The molecule has 1 aromatic heterocycles. The smallest absolute Gasteiger partial charge is 0.140 e. The second kappa shape index (κ2) is 6.56. The standard InChI is InChI=1S/C16H18N4O3S/c21-11-6-13(23-16(11)24-10-4-2-1-3-5-10)20-9-19-14-12(22)7-17-8-18-15(14)20/h1-5,8-9,11-13,16,21-22H,6-7H2,(H,17,18)/t11-,12-,13?,16?/m1/s1. The lowest BCUT2D eigenvalue weighted by Crippen LogP contribution is -2.16. The number of hydrogen-bond acceptors (Lipinski definition) is 7. The van der Waals surface area contributed by atoms with Crippen LogP contribution in [0, 0.1) is 0 Å². The predicted octanol–water partition coefficient (Wildman–Crippen LogP) is 1.77. The van der Waals surface area contributed by atoms with Crippen LogP contribution < -0.4 is 5.32 Å². The van der Waals surface area contributed by atoms with Crippen LogP contribution in [0.2, 0.25) is 0 Å². The molecule has 4 rings (SSSR count). The SMILES string of the molecule is O[C@@H]1CN=CNc2c1ncn2C1C[C@@H](O)C(Sc2ccccc2)O1. The van der Waals surface area contributed by atoms with E-state index in [1.807, 2.05) is 34.9 Å². The summed E-state index contributed by atoms with van der Waals surface area (Å²) in [5, 5.41) is 23.5. The number of thioether (sulfide) groups is 1. The van der Waals surface area contributed by atoms with E-state index < -0.39 is 12.2 Å². The lowest BCUT2D eigenvalue weighted by molar-refractivity contribution is 0.0299. The summed E-state index contributed by atoms with van der Waals surface area (Å²) in [5.74, 6) is 0.659. The first-order valence-corrected chi connectivity index (χ1v) is 8.65. The van der Waals surface area contributed by atoms with Crippen LogP contribution in [0.4, 0.5) is 5.82 Å². The Hall–Kier alpha value is -1.87. The molecule has 0 saturated carbocycles. The highest BCUT2D eigenvalue weighted by Gasteiger charge is 2.37. The zero-order valence-corrected chi connectivity index (χ0v) is 13.6. The summed E-state index contributed by atoms with van der Waals surface area (Å²) in [6.45, 7) is 0.275. The molecule has 1 aromatic carbocycles. The summed E-state index contributed by atoms with van der Waals surface area (Å²) in [6, 6.07) is 9.86. The zero-order chi connectivity index (χ0) is 16.5. The second-order valence-electron chi connectivity index (χ2n) is 5.73. The highest BCUT2D eigenvalue weighted by Crippen LogP contribution is 2.40. The Morgan fingerprint density at radius 1 is 1.25 bits per heavy atom. The minimum absolute atomic E-state index is 0.275. The molecular formula is C16H18N4O3S. The third-order valence-electron chi connectivity index (χ3n) is 4.06. The highest BCUT2D eigenvalue weighted by atomic mass is 32.2. The van der Waals surface area contributed by atoms with Crippen LogP contribution in [0.3, 0.4) is 0 Å². The Morgan fingerprint density at radius 3 is 2.92 bits per heavy atom. The van der Waals surface area contributed by atoms with Crippen molar-refractivity contribution >= 4 is 23.9 Å². The molecule has 2 aliphatic heterocycles. The number of fused-ring (bicyclic) bond motifs is 1. The van der Waals surface area contributed by atoms with Crippen LogP contribution in [0.15, 0.2) is 46.5 Å². The quantitative estimate of drug-likeness (QED) is 0.784. The molecule has 7 nitrogen and oxygen atoms in total. The molecule has 8 heteroatoms. The fourth-order valence-corrected chi connectivity index (χ4v) is 3.90. The van der Waals surface area contributed by atoms with Gasteiger partial charge in [0, 0.05) is 11.3 Å². The van der Waals surface area contributed by atoms with Gasteiger partial charge in [-0.15, -0.1) is 0 Å². The summed E-state index contributed by atoms with van der Waals surface area (Å²) >= 11 is 1.50. The van der Waals surface area contributed by atoms with Crippen molar-refractivity contribution in [3.05, 3.63) is 42.4 Å². The first-order chi connectivity index (χ1) is 11.7. The third kappa shape index (κ3) is 2.93. The topological polar surface area (TPSA) is 91.9 Å². The lowest BCUT2D eigenvalue weighted by Gasteiger charge is -2.17. The molecule has 0 amide bonds. The number of nitrogens with one attached hydrogen (secondary N) is 1. The Kier molecular flexibility index (Phi) is 4.28. The maximum absolute atomic E-state index is 10.4. The largest absolute Gasteiger partial charge is 0.389 e. The molecule has 2 aliphatic rings. The van der Waals surface area contributed by atoms with Gasteiger partial charge in [-0.3, -0.25) is 9.56 Å². The fourth-order valence-electron chi connectivity index (χ4n) is 2.87. The summed E-state index contributed by atoms with van der Waals surface area (Å²) in [7, 11) is 0. The van der Waals surface area contributed by atoms with Gasteiger partial charge in [-0.05, 0) is 12.1 Å². The molecule has 1 fully saturated rings. The Labute approximate surface area is 143 Å². The van der Waals surface area contributed by atoms with Crippen molar-refractivity contribution in [2.45, 2.75) is 35.2 Å². The van der Waals surface area contributed by atoms with Gasteiger partial charge in [0.15, 0.2) is 0 Å². The van der Waals surface area contributed by atoms with Crippen LogP contribution in [0.5, 0.6) is 0 Å². The van der Waals surface area contributed by atoms with Gasteiger partial charge in [-0.25, -0.2) is 4.98 Å². The number of aliphatic hydroxyl groups is 2. The second-order valence-corrected chi connectivity index (χ2v) is 6.90. The molecule has 1 saturated heterocycles. The summed E-state index contributed by atoms with van der Waals surface area (Å²) in [5.41, 5.74) is 0.199. The number of imidazole rings is 1. The monoisotopic (exact) mass is 346 g/mol. The van der Waals surface area contributed by atoms with Gasteiger partial charge in [0.2, 0.25) is 0 Å². The van der Waals surface area contributed by atoms with Gasteiger partial charge in [-0.2, -0.15) is 0 Å². The molecule has 0 aliphatic carbocycles. The van der Waals surface area contributed by atoms with Gasteiger partial charge < -0.3 is 20.3 Å². The molecular weight excluding hydrogens is 328 g/mol. The number of ether oxygens (including phenoxy) is 1. The van der Waals surface area contributed by atoms with Crippen LogP contribution in [0.25, 0.3) is 0 Å². The molecule has 2 unspecified atom stereocenters. The van der Waals surface area contributed by atoms with E-state index in [0.717, 1.165) is 4.90 Å². The molecule has 2 aromatic rings. The minimum atomic E-state index is -0.742. The van der Waals surface area contributed by atoms with Gasteiger partial charge in [0.25, 0.3) is 0 Å². The zero-order valence-electron chi connectivity index (χ0n) is 12.8. The van der Waals surface area contributed by atoms with E-state index in [-0.39, 0.29) is 18.2 Å². The molecule has 3 heterocycles. The molecule has 126 valence electrons. The van der Waals surface area contributed by atoms with Gasteiger partial charge in [-0.1, -0.05) is 30.0 Å². The van der Waals surface area contributed by atoms with E-state index in [4.69, 9.17) is 4.74 Å². The highest BCUT2D eigenvalue weighted by molar-refractivity contribution is 7.99. The van der Waals surface area contributed by atoms with Crippen molar-refractivity contribution in [3.8, 4) is 0 Å². The molecule has 0 spiro atoms. The van der Waals surface area contributed by atoms with Crippen LogP contribution >= 0.6 is 11.8 Å². The Morgan fingerprint density at radius 2 is 2.08 bits per heavy atom. The normalized spacial score (nSPS) is 29.1. The van der Waals surface area contributed by atoms with Crippen molar-refractivity contribution in [2.24, 2.45) is 4.99 Å². The Balaban J connectivity index is 1.53. The molecule has 0 radical (unpaired) electrons. The Bertz CT molecular complexity index is 736. The average molecular weight is 346 g/mol. The number of rotatable bonds is 3. The number of aliphatic imine (C=N–C) groups is 1. The number of aliphatic hydroxyl groups excluding tert-OH is 2. The first kappa shape index (κ1) is 15.6. The minimum Gasteiger partial charge on any atom is -0.389 e. The van der Waals surface area contributed by atoms with E-state index in [0.29, 0.717) is 17.9 Å². The van der Waals surface area contributed by atoms with Crippen LogP contribution in [-0.4, -0.2) is 44.2 Å². The van der Waals surface area contributed by atoms with Crippen molar-refractivity contribution in [3.63, 3.8) is 0 Å². The lowest BCUT2D eigenvalue weighted by atomic mass is 10.2. The number of anilines is 1. The van der Waals surface area contributed by atoms with E-state index in [9.17, 15) is 10.2 Å². The molecule has 24 heavy (non-hydrogen) atoms. The van der Waals surface area contributed by atoms with Crippen molar-refractivity contribution < 1.29 is 14.9 Å². The average Bonchev–Trinajstić information content (AvgIpc) is 3.11. The van der Waals surface area contributed by atoms with Crippen LogP contribution in [-0.2, 0) is 4.74 Å². The summed E-state index contributed by atoms with van der Waals surface area (Å²) < 4.78 is 7.84. The molecule has 0 bridgehead atoms. The molecule has 4 atom stereocenters.